The molecule has 1 aliphatic rings. The van der Waals surface area contributed by atoms with Gasteiger partial charge in [0.15, 0.2) is 0 Å². The quantitative estimate of drug-likeness (QED) is 0.414. The molecule has 0 aromatic carbocycles. The SMILES string of the molecule is CS(=O)(=O)OC1COC(=O)C1. The average molecular weight is 180 g/mol. The standard InChI is InChI=1S/C5H8O5S/c1-11(7,8)10-4-2-5(6)9-3-4/h4H,2-3H2,1H3. The third-order valence-electron chi connectivity index (χ3n) is 1.14. The van der Waals surface area contributed by atoms with Crippen molar-refractivity contribution in [3.8, 4) is 0 Å². The molecule has 1 fully saturated rings. The van der Waals surface area contributed by atoms with E-state index in [2.05, 4.69) is 8.92 Å². The second kappa shape index (κ2) is 2.78. The van der Waals surface area contributed by atoms with Crippen molar-refractivity contribution in [2.75, 3.05) is 12.9 Å². The maximum atomic E-state index is 10.5. The fourth-order valence-corrected chi connectivity index (χ4v) is 1.42. The summed E-state index contributed by atoms with van der Waals surface area (Å²) in [5, 5.41) is 0. The van der Waals surface area contributed by atoms with Crippen LogP contribution in [0, 0.1) is 0 Å². The van der Waals surface area contributed by atoms with Crippen molar-refractivity contribution in [1.29, 1.82) is 0 Å². The Balaban J connectivity index is 2.47. The summed E-state index contributed by atoms with van der Waals surface area (Å²) < 4.78 is 30.0. The van der Waals surface area contributed by atoms with Crippen LogP contribution >= 0.6 is 0 Å². The summed E-state index contributed by atoms with van der Waals surface area (Å²) in [4.78, 5) is 10.4. The number of carbonyl (C=O) groups is 1. The molecule has 64 valence electrons. The second-order valence-electron chi connectivity index (χ2n) is 2.31. The van der Waals surface area contributed by atoms with Gasteiger partial charge in [-0.05, 0) is 0 Å². The third kappa shape index (κ3) is 2.85. The second-order valence-corrected chi connectivity index (χ2v) is 3.91. The highest BCUT2D eigenvalue weighted by atomic mass is 32.2. The molecule has 1 atom stereocenters. The third-order valence-corrected chi connectivity index (χ3v) is 1.76. The monoisotopic (exact) mass is 180 g/mol. The first-order valence-corrected chi connectivity index (χ1v) is 4.83. The molecule has 0 amide bonds. The maximum Gasteiger partial charge on any atom is 0.308 e. The largest absolute Gasteiger partial charge is 0.463 e. The lowest BCUT2D eigenvalue weighted by Gasteiger charge is -2.03. The number of carbonyl (C=O) groups excluding carboxylic acids is 1. The molecule has 1 aliphatic heterocycles. The maximum absolute atomic E-state index is 10.5. The molecule has 1 unspecified atom stereocenters. The number of hydrogen-bond acceptors (Lipinski definition) is 5. The van der Waals surface area contributed by atoms with E-state index < -0.39 is 22.2 Å². The highest BCUT2D eigenvalue weighted by molar-refractivity contribution is 7.86. The predicted octanol–water partition coefficient (Wildman–Crippen LogP) is -0.722. The molecule has 0 aromatic heterocycles. The molecular formula is C5H8O5S. The lowest BCUT2D eigenvalue weighted by molar-refractivity contribution is -0.137. The Morgan fingerprint density at radius 2 is 2.27 bits per heavy atom. The predicted molar refractivity (Wildman–Crippen MR) is 35.3 cm³/mol. The minimum absolute atomic E-state index is 0.0209. The number of hydrogen-bond donors (Lipinski definition) is 0. The Morgan fingerprint density at radius 1 is 1.64 bits per heavy atom. The highest BCUT2D eigenvalue weighted by Crippen LogP contribution is 2.11. The van der Waals surface area contributed by atoms with Crippen LogP contribution in [0.2, 0.25) is 0 Å². The molecular weight excluding hydrogens is 172 g/mol. The van der Waals surface area contributed by atoms with Gasteiger partial charge in [-0.1, -0.05) is 0 Å². The van der Waals surface area contributed by atoms with Crippen molar-refractivity contribution in [3.05, 3.63) is 0 Å². The smallest absolute Gasteiger partial charge is 0.308 e. The zero-order valence-electron chi connectivity index (χ0n) is 5.94. The molecule has 0 bridgehead atoms. The van der Waals surface area contributed by atoms with Gasteiger partial charge >= 0.3 is 5.97 Å². The summed E-state index contributed by atoms with van der Waals surface area (Å²) in [6.07, 6.45) is 0.334. The molecule has 1 saturated heterocycles. The van der Waals surface area contributed by atoms with E-state index in [4.69, 9.17) is 0 Å². The molecule has 0 radical (unpaired) electrons. The van der Waals surface area contributed by atoms with E-state index in [1.54, 1.807) is 0 Å². The van der Waals surface area contributed by atoms with Crippen molar-refractivity contribution in [1.82, 2.24) is 0 Å². The summed E-state index contributed by atoms with van der Waals surface area (Å²) in [6, 6.07) is 0. The summed E-state index contributed by atoms with van der Waals surface area (Å²) >= 11 is 0. The van der Waals surface area contributed by atoms with Crippen LogP contribution in [0.4, 0.5) is 0 Å². The molecule has 0 saturated carbocycles. The first-order chi connectivity index (χ1) is 4.97. The van der Waals surface area contributed by atoms with Crippen molar-refractivity contribution in [3.63, 3.8) is 0 Å². The van der Waals surface area contributed by atoms with Crippen LogP contribution in [-0.2, 0) is 23.8 Å². The minimum Gasteiger partial charge on any atom is -0.463 e. The highest BCUT2D eigenvalue weighted by Gasteiger charge is 2.27. The van der Waals surface area contributed by atoms with Crippen LogP contribution in [0.5, 0.6) is 0 Å². The van der Waals surface area contributed by atoms with Gasteiger partial charge in [-0.3, -0.25) is 8.98 Å². The van der Waals surface area contributed by atoms with Crippen molar-refractivity contribution in [2.24, 2.45) is 0 Å². The van der Waals surface area contributed by atoms with E-state index in [0.29, 0.717) is 0 Å². The Hall–Kier alpha value is -0.620. The number of cyclic esters (lactones) is 1. The van der Waals surface area contributed by atoms with Gasteiger partial charge in [0.2, 0.25) is 0 Å². The summed E-state index contributed by atoms with van der Waals surface area (Å²) in [7, 11) is -3.46. The first-order valence-electron chi connectivity index (χ1n) is 3.01. The number of rotatable bonds is 2. The Kier molecular flexibility index (Phi) is 2.15. The molecule has 0 N–H and O–H groups in total. The van der Waals surface area contributed by atoms with Gasteiger partial charge in [0.05, 0.1) is 12.7 Å². The van der Waals surface area contributed by atoms with Crippen molar-refractivity contribution >= 4 is 16.1 Å². The average Bonchev–Trinajstić information content (AvgIpc) is 2.10. The molecule has 0 aliphatic carbocycles. The van der Waals surface area contributed by atoms with Gasteiger partial charge in [-0.2, -0.15) is 8.42 Å². The molecule has 1 heterocycles. The van der Waals surface area contributed by atoms with E-state index in [1.807, 2.05) is 0 Å². The van der Waals surface area contributed by atoms with Crippen LogP contribution in [0.1, 0.15) is 6.42 Å². The van der Waals surface area contributed by atoms with Gasteiger partial charge in [0, 0.05) is 0 Å². The zero-order chi connectivity index (χ0) is 8.48. The fourth-order valence-electron chi connectivity index (χ4n) is 0.799. The number of esters is 1. The Bertz CT molecular complexity index is 254. The molecule has 0 aromatic rings. The zero-order valence-corrected chi connectivity index (χ0v) is 6.76. The van der Waals surface area contributed by atoms with Crippen LogP contribution in [0.25, 0.3) is 0 Å². The molecule has 11 heavy (non-hydrogen) atoms. The van der Waals surface area contributed by atoms with Gasteiger partial charge < -0.3 is 4.74 Å². The van der Waals surface area contributed by atoms with E-state index >= 15 is 0 Å². The van der Waals surface area contributed by atoms with Crippen LogP contribution in [0.15, 0.2) is 0 Å². The van der Waals surface area contributed by atoms with E-state index in [-0.39, 0.29) is 13.0 Å². The van der Waals surface area contributed by atoms with Crippen molar-refractivity contribution in [2.45, 2.75) is 12.5 Å². The van der Waals surface area contributed by atoms with E-state index in [1.165, 1.54) is 0 Å². The molecule has 1 rings (SSSR count). The van der Waals surface area contributed by atoms with Gasteiger partial charge in [-0.25, -0.2) is 0 Å². The normalized spacial score (nSPS) is 25.2. The van der Waals surface area contributed by atoms with E-state index in [0.717, 1.165) is 6.26 Å². The minimum atomic E-state index is -3.46. The van der Waals surface area contributed by atoms with Crippen LogP contribution in [0.3, 0.4) is 0 Å². The molecule has 6 heteroatoms. The topological polar surface area (TPSA) is 69.7 Å². The lowest BCUT2D eigenvalue weighted by Crippen LogP contribution is -2.17. The van der Waals surface area contributed by atoms with E-state index in [9.17, 15) is 13.2 Å². The molecule has 0 spiro atoms. The Labute approximate surface area is 64.4 Å². The van der Waals surface area contributed by atoms with Gasteiger partial charge in [0.1, 0.15) is 12.7 Å². The first kappa shape index (κ1) is 8.48. The number of ether oxygens (including phenoxy) is 1. The molecule has 5 nitrogen and oxygen atoms in total. The van der Waals surface area contributed by atoms with Gasteiger partial charge in [-0.15, -0.1) is 0 Å². The van der Waals surface area contributed by atoms with Crippen molar-refractivity contribution < 1.29 is 22.1 Å². The van der Waals surface area contributed by atoms with Crippen LogP contribution in [-0.4, -0.2) is 33.4 Å². The fraction of sp³-hybridized carbons (Fsp3) is 0.800. The lowest BCUT2D eigenvalue weighted by atomic mass is 10.3. The van der Waals surface area contributed by atoms with Crippen LogP contribution < -0.4 is 0 Å². The van der Waals surface area contributed by atoms with Gasteiger partial charge in [0.25, 0.3) is 10.1 Å². The summed E-state index contributed by atoms with van der Waals surface area (Å²) in [5.74, 6) is -0.418. The summed E-state index contributed by atoms with van der Waals surface area (Å²) in [6.45, 7) is 0.0336. The Morgan fingerprint density at radius 3 is 2.64 bits per heavy atom. The summed E-state index contributed by atoms with van der Waals surface area (Å²) in [5.41, 5.74) is 0.